The Hall–Kier alpha value is -4.69. The van der Waals surface area contributed by atoms with Crippen LogP contribution in [0.4, 0.5) is 13.6 Å². The first-order valence-corrected chi connectivity index (χ1v) is 17.6. The topological polar surface area (TPSA) is 136 Å². The molecule has 2 fully saturated rings. The Morgan fingerprint density at radius 2 is 1.81 bits per heavy atom. The summed E-state index contributed by atoms with van der Waals surface area (Å²) in [5.74, 6) is -0.0910. The number of methoxy groups -OCH3 is 1. The molecule has 3 aromatic heterocycles. The van der Waals surface area contributed by atoms with Crippen molar-refractivity contribution in [3.8, 4) is 28.3 Å². The predicted molar refractivity (Wildman–Crippen MR) is 195 cm³/mol. The number of nitrogens with zero attached hydrogens (tertiary/aromatic N) is 6. The van der Waals surface area contributed by atoms with E-state index in [0.29, 0.717) is 10.9 Å². The number of aryl methyl sites for hydroxylation is 3. The van der Waals surface area contributed by atoms with E-state index in [1.165, 1.54) is 25.2 Å². The maximum absolute atomic E-state index is 12.4. The summed E-state index contributed by atoms with van der Waals surface area (Å²) in [5, 5.41) is 6.68. The van der Waals surface area contributed by atoms with Gasteiger partial charge in [-0.2, -0.15) is 29.8 Å². The third-order valence-corrected chi connectivity index (χ3v) is 10.8. The summed E-state index contributed by atoms with van der Waals surface area (Å²) in [4.78, 5) is 49.4. The fraction of sp³-hybridized carbons (Fsp3) is 0.368. The molecule has 1 radical (unpaired) electrons. The Morgan fingerprint density at radius 3 is 2.54 bits per heavy atom. The second kappa shape index (κ2) is 15.6. The Morgan fingerprint density at radius 1 is 1.06 bits per heavy atom. The summed E-state index contributed by atoms with van der Waals surface area (Å²) in [7, 11) is 4.31. The predicted octanol–water partition coefficient (Wildman–Crippen LogP) is 5.08. The van der Waals surface area contributed by atoms with Crippen molar-refractivity contribution >= 4 is 28.7 Å². The zero-order valence-electron chi connectivity index (χ0n) is 30.0. The molecule has 16 heteroatoms. The molecule has 2 amide bonds. The quantitative estimate of drug-likeness (QED) is 0.186. The molecule has 5 aromatic rings. The van der Waals surface area contributed by atoms with E-state index in [4.69, 9.17) is 21.3 Å². The van der Waals surface area contributed by atoms with Gasteiger partial charge in [0.25, 0.3) is 6.43 Å². The van der Waals surface area contributed by atoms with Gasteiger partial charge in [0.1, 0.15) is 5.82 Å². The first-order valence-electron chi connectivity index (χ1n) is 17.2. The first-order chi connectivity index (χ1) is 25.4. The maximum Gasteiger partial charge on any atom is 2.00 e. The number of nitrogens with one attached hydrogen (secondary N) is 2. The summed E-state index contributed by atoms with van der Waals surface area (Å²) in [6.07, 6.45) is 3.22. The van der Waals surface area contributed by atoms with Crippen molar-refractivity contribution in [1.82, 2.24) is 39.6 Å². The molecule has 2 saturated heterocycles. The Bertz CT molecular complexity index is 2370. The molecule has 5 heterocycles. The summed E-state index contributed by atoms with van der Waals surface area (Å²) >= 11 is 6.98. The monoisotopic (exact) mass is 797 g/mol. The van der Waals surface area contributed by atoms with Gasteiger partial charge >= 0.3 is 28.8 Å². The van der Waals surface area contributed by atoms with Crippen molar-refractivity contribution in [2.75, 3.05) is 26.7 Å². The first kappa shape index (κ1) is 39.0. The zero-order valence-corrected chi connectivity index (χ0v) is 31.9. The van der Waals surface area contributed by atoms with Gasteiger partial charge in [0, 0.05) is 55.9 Å². The van der Waals surface area contributed by atoms with Crippen molar-refractivity contribution in [1.29, 1.82) is 0 Å². The van der Waals surface area contributed by atoms with E-state index >= 15 is 0 Å². The van der Waals surface area contributed by atoms with E-state index in [1.807, 2.05) is 37.3 Å². The molecule has 2 aliphatic heterocycles. The van der Waals surface area contributed by atoms with Crippen molar-refractivity contribution in [2.45, 2.75) is 50.6 Å². The van der Waals surface area contributed by atoms with Crippen LogP contribution >= 0.6 is 11.6 Å². The number of carbonyl (C=O) groups is 1. The minimum atomic E-state index is -2.88. The number of hydrogen-bond acceptors (Lipinski definition) is 8. The fourth-order valence-corrected chi connectivity index (χ4v) is 7.96. The molecule has 1 spiro atoms. The molecule has 3 aliphatic rings. The van der Waals surface area contributed by atoms with E-state index in [9.17, 15) is 23.2 Å². The molecule has 2 atom stereocenters. The van der Waals surface area contributed by atoms with Crippen LogP contribution < -0.4 is 26.6 Å². The molecule has 2 aromatic carbocycles. The number of benzene rings is 2. The van der Waals surface area contributed by atoms with Crippen molar-refractivity contribution in [2.24, 2.45) is 14.1 Å². The number of urea groups is 1. The maximum atomic E-state index is 12.4. The summed E-state index contributed by atoms with van der Waals surface area (Å²) in [6, 6.07) is 17.7. The van der Waals surface area contributed by atoms with Gasteiger partial charge in [-0.15, -0.1) is 5.56 Å². The second-order valence-electron chi connectivity index (χ2n) is 13.6. The third kappa shape index (κ3) is 7.13. The number of fused-ring (bicyclic) bond motifs is 2. The molecule has 0 saturated carbocycles. The largest absolute Gasteiger partial charge is 2.00 e. The second-order valence-corrected chi connectivity index (χ2v) is 13.9. The average molecular weight is 798 g/mol. The molecule has 8 rings (SSSR count). The van der Waals surface area contributed by atoms with E-state index in [2.05, 4.69) is 49.9 Å². The summed E-state index contributed by atoms with van der Waals surface area (Å²) in [6.45, 7) is 4.59. The van der Waals surface area contributed by atoms with Gasteiger partial charge in [-0.1, -0.05) is 42.3 Å². The van der Waals surface area contributed by atoms with Gasteiger partial charge in [-0.3, -0.25) is 4.90 Å². The van der Waals surface area contributed by atoms with Crippen LogP contribution in [0.3, 0.4) is 0 Å². The minimum absolute atomic E-state index is 0. The normalized spacial score (nSPS) is 19.2. The van der Waals surface area contributed by atoms with Crippen molar-refractivity contribution < 1.29 is 35.4 Å². The average Bonchev–Trinajstić information content (AvgIpc) is 3.77. The molecule has 0 unspecified atom stereocenters. The smallest absolute Gasteiger partial charge is 0.481 e. The third-order valence-electron chi connectivity index (χ3n) is 10.4. The number of ether oxygens (including phenoxy) is 1. The SMILES string of the molecule is COc1nc(-c2cccc(-c3ccc[c-]c3C)c2Cl)cc2c1[C@H](N1CC[C@]3(CCNC(=O)N3)C1)CC2.Cn1c(=O)c2[c-]nc(C(F)F)nc2n(C)c1=O.[Mn+2]. The number of carbonyl (C=O) groups excluding carboxylic acids is 1. The molecular formula is C38H37ClF2MnN8O4. The van der Waals surface area contributed by atoms with Gasteiger partial charge in [0.15, 0.2) is 5.56 Å². The Labute approximate surface area is 325 Å². The van der Waals surface area contributed by atoms with Crippen molar-refractivity contribution in [3.63, 3.8) is 0 Å². The van der Waals surface area contributed by atoms with Gasteiger partial charge < -0.3 is 39.3 Å². The Kier molecular flexibility index (Phi) is 11.3. The molecule has 0 bridgehead atoms. The van der Waals surface area contributed by atoms with Crippen LogP contribution in [-0.2, 0) is 37.6 Å². The summed E-state index contributed by atoms with van der Waals surface area (Å²) in [5.41, 5.74) is 5.71. The number of alkyl halides is 2. The van der Waals surface area contributed by atoms with E-state index in [1.54, 1.807) is 7.11 Å². The number of halogens is 3. The molecule has 12 nitrogen and oxygen atoms in total. The van der Waals surface area contributed by atoms with Crippen LogP contribution in [0, 0.1) is 19.2 Å². The molecule has 54 heavy (non-hydrogen) atoms. The number of likely N-dealkylation sites (tertiary alicyclic amines) is 1. The van der Waals surface area contributed by atoms with Gasteiger partial charge in [0.05, 0.1) is 24.0 Å². The van der Waals surface area contributed by atoms with Crippen LogP contribution in [-0.4, -0.2) is 67.3 Å². The molecular weight excluding hydrogens is 761 g/mol. The van der Waals surface area contributed by atoms with E-state index < -0.39 is 23.5 Å². The van der Waals surface area contributed by atoms with Crippen LogP contribution in [0.1, 0.15) is 54.2 Å². The zero-order chi connectivity index (χ0) is 37.6. The number of aromatic nitrogens is 5. The van der Waals surface area contributed by atoms with Gasteiger partial charge in [-0.05, 0) is 48.9 Å². The minimum Gasteiger partial charge on any atom is -0.481 e. The number of pyridine rings is 1. The number of amides is 2. The number of hydrogen-bond donors (Lipinski definition) is 2. The molecule has 2 N–H and O–H groups in total. The number of rotatable bonds is 5. The molecule has 281 valence electrons. The van der Waals surface area contributed by atoms with Crippen molar-refractivity contribution in [3.05, 3.63) is 103 Å². The van der Waals surface area contributed by atoms with Crippen LogP contribution in [0.15, 0.2) is 52.1 Å². The van der Waals surface area contributed by atoms with Crippen LogP contribution in [0.25, 0.3) is 33.4 Å². The summed E-state index contributed by atoms with van der Waals surface area (Å²) < 4.78 is 32.5. The van der Waals surface area contributed by atoms with Gasteiger partial charge in [0.2, 0.25) is 5.88 Å². The Balaban J connectivity index is 0.000000233. The molecule has 1 aliphatic carbocycles. The van der Waals surface area contributed by atoms with E-state index in [0.717, 1.165) is 82.4 Å². The van der Waals surface area contributed by atoms with Crippen LogP contribution in [0.2, 0.25) is 5.02 Å². The fourth-order valence-electron chi connectivity index (χ4n) is 7.64. The van der Waals surface area contributed by atoms with E-state index in [-0.39, 0.29) is 45.7 Å². The van der Waals surface area contributed by atoms with Crippen LogP contribution in [0.5, 0.6) is 5.88 Å². The standard InChI is InChI=1S/C29H30ClN4O2.C9H7F2N4O2.Mn/c1-18-6-3-4-7-20(18)21-8-5-9-22(26(21)30)23-16-19-10-11-24(25(19)27(32-23)36-2)34-15-13-29(17-34)12-14-31-28(35)33-29;1-14-7-4(8(16)15(2)9(14)17)3-12-6(13-7)5(10)11;/h3-5,7-9,16,24H,10-15,17H2,1-2H3,(H2,31,33,35);5H,1-2H3;/q2*-1;+2/t24-,29-;;/m1../s1. The van der Waals surface area contributed by atoms with Gasteiger partial charge in [-0.25, -0.2) is 23.4 Å².